The number of nitrogens with zero attached hydrogens (tertiary/aromatic N) is 2. The van der Waals surface area contributed by atoms with Crippen molar-refractivity contribution >= 4 is 23.3 Å². The molecular weight excluding hydrogens is 383 g/mol. The van der Waals surface area contributed by atoms with Crippen LogP contribution in [0.2, 0.25) is 0 Å². The number of carbonyl (C=O) groups excluding carboxylic acids is 2. The Morgan fingerprint density at radius 2 is 2.04 bits per heavy atom. The lowest BCUT2D eigenvalue weighted by Crippen LogP contribution is -2.47. The molecule has 1 aliphatic heterocycles. The number of primary amides is 1. The monoisotopic (exact) mass is 403 g/mol. The van der Waals surface area contributed by atoms with Crippen molar-refractivity contribution in [1.29, 1.82) is 0 Å². The summed E-state index contributed by atoms with van der Waals surface area (Å²) in [4.78, 5) is 34.9. The van der Waals surface area contributed by atoms with E-state index in [0.717, 1.165) is 12.1 Å². The summed E-state index contributed by atoms with van der Waals surface area (Å²) in [6, 6.07) is 1.60. The smallest absolute Gasteiger partial charge is 0.378 e. The van der Waals surface area contributed by atoms with Crippen LogP contribution in [0.5, 0.6) is 0 Å². The fourth-order valence-electron chi connectivity index (χ4n) is 2.93. The molecule has 12 heteroatoms. The lowest BCUT2D eigenvalue weighted by molar-refractivity contribution is -0.384. The highest BCUT2D eigenvalue weighted by molar-refractivity contribution is 5.80. The molecule has 0 spiro atoms. The van der Waals surface area contributed by atoms with E-state index in [0.29, 0.717) is 25.5 Å². The van der Waals surface area contributed by atoms with Gasteiger partial charge in [0.25, 0.3) is 5.69 Å². The van der Waals surface area contributed by atoms with Gasteiger partial charge in [-0.2, -0.15) is 13.2 Å². The Hall–Kier alpha value is -3.05. The number of nitrogens with two attached hydrogens (primary N) is 1. The van der Waals surface area contributed by atoms with E-state index in [-0.39, 0.29) is 31.2 Å². The molecule has 1 atom stereocenters. The molecule has 4 N–H and O–H groups in total. The van der Waals surface area contributed by atoms with Gasteiger partial charge < -0.3 is 21.3 Å². The molecule has 1 aromatic rings. The molecule has 0 bridgehead atoms. The van der Waals surface area contributed by atoms with Crippen LogP contribution in [0.1, 0.15) is 18.4 Å². The molecule has 1 aliphatic rings. The van der Waals surface area contributed by atoms with Crippen molar-refractivity contribution < 1.29 is 27.7 Å². The zero-order chi connectivity index (χ0) is 20.9. The molecule has 3 amide bonds. The quantitative estimate of drug-likeness (QED) is 0.380. The summed E-state index contributed by atoms with van der Waals surface area (Å²) in [5, 5.41) is 16.3. The predicted molar refractivity (Wildman–Crippen MR) is 93.5 cm³/mol. The van der Waals surface area contributed by atoms with Gasteiger partial charge in [0, 0.05) is 32.2 Å². The van der Waals surface area contributed by atoms with Crippen LogP contribution in [0, 0.1) is 16.0 Å². The third kappa shape index (κ3) is 5.47. The summed E-state index contributed by atoms with van der Waals surface area (Å²) in [6.07, 6.45) is -3.43. The summed E-state index contributed by atoms with van der Waals surface area (Å²) in [5.41, 5.74) is 3.31. The van der Waals surface area contributed by atoms with Crippen LogP contribution < -0.4 is 16.4 Å². The zero-order valence-corrected chi connectivity index (χ0v) is 14.8. The second-order valence-corrected chi connectivity index (χ2v) is 6.33. The molecule has 154 valence electrons. The van der Waals surface area contributed by atoms with E-state index in [1.807, 2.05) is 0 Å². The summed E-state index contributed by atoms with van der Waals surface area (Å²) >= 11 is 0. The average Bonchev–Trinajstić information content (AvgIpc) is 2.64. The van der Waals surface area contributed by atoms with Crippen molar-refractivity contribution in [2.24, 2.45) is 11.7 Å². The second-order valence-electron chi connectivity index (χ2n) is 6.33. The molecule has 28 heavy (non-hydrogen) atoms. The maximum Gasteiger partial charge on any atom is 0.416 e. The maximum absolute atomic E-state index is 12.7. The Morgan fingerprint density at radius 3 is 2.64 bits per heavy atom. The van der Waals surface area contributed by atoms with Crippen molar-refractivity contribution in [3.8, 4) is 0 Å². The molecule has 1 saturated heterocycles. The first-order valence-electron chi connectivity index (χ1n) is 8.51. The molecule has 9 nitrogen and oxygen atoms in total. The third-order valence-corrected chi connectivity index (χ3v) is 4.37. The number of nitrogens with one attached hydrogen (secondary N) is 2. The highest BCUT2D eigenvalue weighted by Crippen LogP contribution is 2.34. The van der Waals surface area contributed by atoms with Crippen molar-refractivity contribution in [1.82, 2.24) is 10.2 Å². The molecule has 0 unspecified atom stereocenters. The molecule has 2 rings (SSSR count). The zero-order valence-electron chi connectivity index (χ0n) is 14.8. The number of likely N-dealkylation sites (tertiary alicyclic amines) is 1. The lowest BCUT2D eigenvalue weighted by Gasteiger charge is -2.30. The van der Waals surface area contributed by atoms with Gasteiger partial charge in [0.2, 0.25) is 5.91 Å². The van der Waals surface area contributed by atoms with Crippen LogP contribution >= 0.6 is 0 Å². The largest absolute Gasteiger partial charge is 0.416 e. The highest BCUT2D eigenvalue weighted by Gasteiger charge is 2.33. The Balaban J connectivity index is 1.88. The van der Waals surface area contributed by atoms with Crippen LogP contribution in [0.15, 0.2) is 18.2 Å². The average molecular weight is 403 g/mol. The number of piperidine rings is 1. The van der Waals surface area contributed by atoms with Gasteiger partial charge in [0.05, 0.1) is 16.4 Å². The van der Waals surface area contributed by atoms with E-state index in [9.17, 15) is 32.9 Å². The van der Waals surface area contributed by atoms with Gasteiger partial charge in [0.1, 0.15) is 5.69 Å². The maximum atomic E-state index is 12.7. The SMILES string of the molecule is NC(=O)N1CCC[C@H](C(=O)NCCNc2ccc(C(F)(F)F)cc2[N+](=O)[O-])C1. The first-order valence-corrected chi connectivity index (χ1v) is 8.51. The van der Waals surface area contributed by atoms with Crippen molar-refractivity contribution in [2.75, 3.05) is 31.5 Å². The number of halogens is 3. The van der Waals surface area contributed by atoms with E-state index in [1.54, 1.807) is 0 Å². The van der Waals surface area contributed by atoms with E-state index >= 15 is 0 Å². The van der Waals surface area contributed by atoms with Crippen LogP contribution in [-0.2, 0) is 11.0 Å². The van der Waals surface area contributed by atoms with E-state index in [2.05, 4.69) is 10.6 Å². The Kier molecular flexibility index (Phi) is 6.65. The fourth-order valence-corrected chi connectivity index (χ4v) is 2.93. The van der Waals surface area contributed by atoms with E-state index in [1.165, 1.54) is 4.90 Å². The molecule has 1 aromatic carbocycles. The Morgan fingerprint density at radius 1 is 1.32 bits per heavy atom. The van der Waals surface area contributed by atoms with E-state index in [4.69, 9.17) is 5.73 Å². The van der Waals surface area contributed by atoms with Crippen LogP contribution in [-0.4, -0.2) is 47.9 Å². The molecule has 0 aromatic heterocycles. The van der Waals surface area contributed by atoms with Crippen molar-refractivity contribution in [3.05, 3.63) is 33.9 Å². The van der Waals surface area contributed by atoms with Gasteiger partial charge >= 0.3 is 12.2 Å². The molecule has 0 aliphatic carbocycles. The number of urea groups is 1. The molecular formula is C16H20F3N5O4. The molecule has 0 saturated carbocycles. The molecule has 1 heterocycles. The number of alkyl halides is 3. The Bertz CT molecular complexity index is 756. The minimum atomic E-state index is -4.68. The topological polar surface area (TPSA) is 131 Å². The lowest BCUT2D eigenvalue weighted by atomic mass is 9.97. The summed E-state index contributed by atoms with van der Waals surface area (Å²) in [5.74, 6) is -0.684. The standard InChI is InChI=1S/C16H20F3N5O4/c17-16(18,19)11-3-4-12(13(8-11)24(27)28)21-5-6-22-14(25)10-2-1-7-23(9-10)15(20)26/h3-4,8,10,21H,1-2,5-7,9H2,(H2,20,26)(H,22,25)/t10-/m0/s1. The number of benzene rings is 1. The summed E-state index contributed by atoms with van der Waals surface area (Å²) in [6.45, 7) is 0.894. The number of nitro benzene ring substituents is 1. The first-order chi connectivity index (χ1) is 13.1. The van der Waals surface area contributed by atoms with Gasteiger partial charge in [-0.1, -0.05) is 0 Å². The van der Waals surface area contributed by atoms with Gasteiger partial charge in [-0.05, 0) is 25.0 Å². The van der Waals surface area contributed by atoms with Crippen molar-refractivity contribution in [2.45, 2.75) is 19.0 Å². The second kappa shape index (κ2) is 8.76. The highest BCUT2D eigenvalue weighted by atomic mass is 19.4. The number of carbonyl (C=O) groups is 2. The summed E-state index contributed by atoms with van der Waals surface area (Å²) in [7, 11) is 0. The summed E-state index contributed by atoms with van der Waals surface area (Å²) < 4.78 is 38.1. The normalized spacial score (nSPS) is 17.1. The fraction of sp³-hybridized carbons (Fsp3) is 0.500. The van der Waals surface area contributed by atoms with Crippen LogP contribution in [0.25, 0.3) is 0 Å². The molecule has 0 radical (unpaired) electrons. The number of rotatable bonds is 6. The number of hydrogen-bond donors (Lipinski definition) is 3. The van der Waals surface area contributed by atoms with Crippen LogP contribution in [0.3, 0.4) is 0 Å². The third-order valence-electron chi connectivity index (χ3n) is 4.37. The van der Waals surface area contributed by atoms with Gasteiger partial charge in [-0.25, -0.2) is 4.79 Å². The van der Waals surface area contributed by atoms with Crippen molar-refractivity contribution in [3.63, 3.8) is 0 Å². The predicted octanol–water partition coefficient (Wildman–Crippen LogP) is 1.93. The first kappa shape index (κ1) is 21.3. The van der Waals surface area contributed by atoms with E-state index < -0.39 is 34.3 Å². The van der Waals surface area contributed by atoms with Gasteiger partial charge in [0.15, 0.2) is 0 Å². The number of hydrogen-bond acceptors (Lipinski definition) is 5. The minimum absolute atomic E-state index is 0.0736. The number of amides is 3. The number of anilines is 1. The molecule has 1 fully saturated rings. The Labute approximate surface area is 158 Å². The van der Waals surface area contributed by atoms with Crippen LogP contribution in [0.4, 0.5) is 29.3 Å². The minimum Gasteiger partial charge on any atom is -0.378 e. The van der Waals surface area contributed by atoms with Gasteiger partial charge in [-0.3, -0.25) is 14.9 Å². The van der Waals surface area contributed by atoms with Gasteiger partial charge in [-0.15, -0.1) is 0 Å². The number of nitro groups is 1.